The van der Waals surface area contributed by atoms with Gasteiger partial charge in [-0.25, -0.2) is 4.79 Å². The largest absolute Gasteiger partial charge is 0.478 e. The quantitative estimate of drug-likeness (QED) is 0.921. The highest BCUT2D eigenvalue weighted by atomic mass is 16.4. The van der Waals surface area contributed by atoms with Crippen molar-refractivity contribution in [1.29, 1.82) is 0 Å². The number of fused-ring (bicyclic) bond motifs is 1. The van der Waals surface area contributed by atoms with Crippen LogP contribution in [-0.4, -0.2) is 27.8 Å². The average molecular weight is 273 g/mol. The number of aromatic carboxylic acids is 1. The topological polar surface area (TPSA) is 79.5 Å². The fourth-order valence-electron chi connectivity index (χ4n) is 2.63. The third-order valence-electron chi connectivity index (χ3n) is 3.47. The maximum atomic E-state index is 11.3. The van der Waals surface area contributed by atoms with Gasteiger partial charge in [-0.1, -0.05) is 6.07 Å². The van der Waals surface area contributed by atoms with Crippen LogP contribution < -0.4 is 4.90 Å². The van der Waals surface area contributed by atoms with Crippen LogP contribution in [0.15, 0.2) is 22.6 Å². The summed E-state index contributed by atoms with van der Waals surface area (Å²) in [6.07, 6.45) is 1.71. The molecule has 1 aromatic heterocycles. The van der Waals surface area contributed by atoms with E-state index in [1.54, 1.807) is 19.1 Å². The molecule has 2 aromatic rings. The van der Waals surface area contributed by atoms with Crippen LogP contribution in [-0.2, 0) is 13.0 Å². The Balaban J connectivity index is 1.94. The molecule has 1 aromatic carbocycles. The molecule has 0 radical (unpaired) electrons. The normalized spacial score (nSPS) is 14.2. The van der Waals surface area contributed by atoms with Gasteiger partial charge in [0.1, 0.15) is 0 Å². The van der Waals surface area contributed by atoms with Gasteiger partial charge in [-0.3, -0.25) is 0 Å². The van der Waals surface area contributed by atoms with Gasteiger partial charge in [0.2, 0.25) is 11.8 Å². The van der Waals surface area contributed by atoms with Crippen LogP contribution in [0, 0.1) is 6.92 Å². The zero-order valence-electron chi connectivity index (χ0n) is 11.2. The molecule has 0 atom stereocenters. The number of carboxylic acids is 1. The number of carbonyl (C=O) groups is 1. The maximum Gasteiger partial charge on any atom is 0.336 e. The first kappa shape index (κ1) is 12.7. The highest BCUT2D eigenvalue weighted by Gasteiger charge is 2.23. The number of benzene rings is 1. The second kappa shape index (κ2) is 4.96. The standard InChI is InChI=1S/C14H15N3O3/c1-9-15-16-13(20-9)8-17-7-3-5-10-11(14(18)19)4-2-6-12(10)17/h2,4,6H,3,5,7-8H2,1H3,(H,18,19). The Morgan fingerprint density at radius 2 is 2.30 bits per heavy atom. The summed E-state index contributed by atoms with van der Waals surface area (Å²) in [6.45, 7) is 3.12. The minimum atomic E-state index is -0.877. The van der Waals surface area contributed by atoms with Crippen LogP contribution >= 0.6 is 0 Å². The summed E-state index contributed by atoms with van der Waals surface area (Å²) >= 11 is 0. The molecule has 0 bridgehead atoms. The van der Waals surface area contributed by atoms with Gasteiger partial charge >= 0.3 is 5.97 Å². The second-order valence-electron chi connectivity index (χ2n) is 4.85. The molecular weight excluding hydrogens is 258 g/mol. The predicted octanol–water partition coefficient (Wildman–Crippen LogP) is 2.03. The summed E-state index contributed by atoms with van der Waals surface area (Å²) in [5, 5.41) is 17.1. The summed E-state index contributed by atoms with van der Waals surface area (Å²) in [5.41, 5.74) is 2.23. The van der Waals surface area contributed by atoms with E-state index >= 15 is 0 Å². The number of aryl methyl sites for hydroxylation is 1. The molecule has 0 unspecified atom stereocenters. The van der Waals surface area contributed by atoms with Crippen LogP contribution in [0.25, 0.3) is 0 Å². The van der Waals surface area contributed by atoms with Crippen molar-refractivity contribution in [2.24, 2.45) is 0 Å². The average Bonchev–Trinajstić information content (AvgIpc) is 2.84. The van der Waals surface area contributed by atoms with E-state index in [1.807, 2.05) is 6.07 Å². The van der Waals surface area contributed by atoms with Crippen LogP contribution in [0.5, 0.6) is 0 Å². The van der Waals surface area contributed by atoms with Gasteiger partial charge in [-0.15, -0.1) is 10.2 Å². The molecule has 0 saturated heterocycles. The lowest BCUT2D eigenvalue weighted by Gasteiger charge is -2.30. The van der Waals surface area contributed by atoms with E-state index in [0.717, 1.165) is 30.6 Å². The number of hydrogen-bond donors (Lipinski definition) is 1. The Morgan fingerprint density at radius 3 is 3.00 bits per heavy atom. The van der Waals surface area contributed by atoms with Crippen LogP contribution in [0.3, 0.4) is 0 Å². The molecule has 0 spiro atoms. The molecule has 0 fully saturated rings. The number of rotatable bonds is 3. The van der Waals surface area contributed by atoms with E-state index in [-0.39, 0.29) is 0 Å². The van der Waals surface area contributed by atoms with Crippen molar-refractivity contribution >= 4 is 11.7 Å². The fourth-order valence-corrected chi connectivity index (χ4v) is 2.63. The molecular formula is C14H15N3O3. The van der Waals surface area contributed by atoms with Crippen molar-refractivity contribution in [3.8, 4) is 0 Å². The highest BCUT2D eigenvalue weighted by molar-refractivity contribution is 5.91. The number of aromatic nitrogens is 2. The Kier molecular flexibility index (Phi) is 3.14. The Labute approximate surface area is 116 Å². The zero-order valence-corrected chi connectivity index (χ0v) is 11.2. The molecule has 20 heavy (non-hydrogen) atoms. The molecule has 6 nitrogen and oxygen atoms in total. The van der Waals surface area contributed by atoms with Crippen molar-refractivity contribution in [2.45, 2.75) is 26.3 Å². The summed E-state index contributed by atoms with van der Waals surface area (Å²) in [4.78, 5) is 13.4. The zero-order chi connectivity index (χ0) is 14.1. The minimum Gasteiger partial charge on any atom is -0.478 e. The molecule has 0 amide bonds. The van der Waals surface area contributed by atoms with Crippen LogP contribution in [0.2, 0.25) is 0 Å². The lowest BCUT2D eigenvalue weighted by atomic mass is 9.96. The Morgan fingerprint density at radius 1 is 1.45 bits per heavy atom. The first-order chi connectivity index (χ1) is 9.65. The van der Waals surface area contributed by atoms with E-state index in [4.69, 9.17) is 4.42 Å². The summed E-state index contributed by atoms with van der Waals surface area (Å²) in [5.74, 6) is 0.213. The molecule has 1 aliphatic rings. The summed E-state index contributed by atoms with van der Waals surface area (Å²) in [7, 11) is 0. The van der Waals surface area contributed by atoms with Crippen molar-refractivity contribution < 1.29 is 14.3 Å². The predicted molar refractivity (Wildman–Crippen MR) is 71.8 cm³/mol. The van der Waals surface area contributed by atoms with Crippen molar-refractivity contribution in [3.63, 3.8) is 0 Å². The van der Waals surface area contributed by atoms with Gasteiger partial charge in [0.25, 0.3) is 0 Å². The maximum absolute atomic E-state index is 11.3. The van der Waals surface area contributed by atoms with Gasteiger partial charge in [0.05, 0.1) is 12.1 Å². The number of nitrogens with zero attached hydrogens (tertiary/aromatic N) is 3. The Hall–Kier alpha value is -2.37. The summed E-state index contributed by atoms with van der Waals surface area (Å²) in [6, 6.07) is 5.38. The smallest absolute Gasteiger partial charge is 0.336 e. The van der Waals surface area contributed by atoms with E-state index < -0.39 is 5.97 Å². The number of hydrogen-bond acceptors (Lipinski definition) is 5. The molecule has 6 heteroatoms. The van der Waals surface area contributed by atoms with E-state index in [1.165, 1.54) is 0 Å². The highest BCUT2D eigenvalue weighted by Crippen LogP contribution is 2.30. The van der Waals surface area contributed by atoms with Crippen molar-refractivity contribution in [1.82, 2.24) is 10.2 Å². The van der Waals surface area contributed by atoms with E-state index in [2.05, 4.69) is 15.1 Å². The van der Waals surface area contributed by atoms with Gasteiger partial charge in [-0.2, -0.15) is 0 Å². The third kappa shape index (κ3) is 2.24. The number of anilines is 1. The van der Waals surface area contributed by atoms with Gasteiger partial charge in [0.15, 0.2) is 0 Å². The third-order valence-corrected chi connectivity index (χ3v) is 3.47. The van der Waals surface area contributed by atoms with Crippen LogP contribution in [0.1, 0.15) is 34.1 Å². The first-order valence-corrected chi connectivity index (χ1v) is 6.54. The van der Waals surface area contributed by atoms with Crippen molar-refractivity contribution in [2.75, 3.05) is 11.4 Å². The van der Waals surface area contributed by atoms with Gasteiger partial charge in [0, 0.05) is 19.2 Å². The molecule has 1 N–H and O–H groups in total. The van der Waals surface area contributed by atoms with Gasteiger partial charge < -0.3 is 14.4 Å². The minimum absolute atomic E-state index is 0.383. The molecule has 1 aliphatic heterocycles. The molecule has 0 aliphatic carbocycles. The van der Waals surface area contributed by atoms with E-state index in [9.17, 15) is 9.90 Å². The summed E-state index contributed by atoms with van der Waals surface area (Å²) < 4.78 is 5.40. The van der Waals surface area contributed by atoms with E-state index in [0.29, 0.717) is 23.9 Å². The molecule has 3 rings (SSSR count). The molecule has 0 saturated carbocycles. The fraction of sp³-hybridized carbons (Fsp3) is 0.357. The lowest BCUT2D eigenvalue weighted by Crippen LogP contribution is -2.30. The first-order valence-electron chi connectivity index (χ1n) is 6.54. The monoisotopic (exact) mass is 273 g/mol. The molecule has 104 valence electrons. The number of carboxylic acid groups (broad SMARTS) is 1. The lowest BCUT2D eigenvalue weighted by molar-refractivity contribution is 0.0695. The van der Waals surface area contributed by atoms with Crippen molar-refractivity contribution in [3.05, 3.63) is 41.1 Å². The van der Waals surface area contributed by atoms with Gasteiger partial charge in [-0.05, 0) is 30.5 Å². The Bertz CT molecular complexity index is 651. The molecule has 2 heterocycles. The van der Waals surface area contributed by atoms with Crippen LogP contribution in [0.4, 0.5) is 5.69 Å². The SMILES string of the molecule is Cc1nnc(CN2CCCc3c(C(=O)O)cccc32)o1. The second-order valence-corrected chi connectivity index (χ2v) is 4.85.